The third-order valence-corrected chi connectivity index (χ3v) is 2.25. The van der Waals surface area contributed by atoms with E-state index in [4.69, 9.17) is 9.47 Å². The van der Waals surface area contributed by atoms with E-state index in [-0.39, 0.29) is 0 Å². The summed E-state index contributed by atoms with van der Waals surface area (Å²) in [5.41, 5.74) is 0. The Balaban J connectivity index is 2.21. The SMILES string of the molecule is CCCNCCCOc1ccccc1OC. The molecule has 0 saturated heterocycles. The highest BCUT2D eigenvalue weighted by Gasteiger charge is 2.01. The van der Waals surface area contributed by atoms with Crippen LogP contribution in [-0.2, 0) is 0 Å². The van der Waals surface area contributed by atoms with Crippen molar-refractivity contribution in [1.29, 1.82) is 0 Å². The van der Waals surface area contributed by atoms with Crippen molar-refractivity contribution in [2.24, 2.45) is 0 Å². The smallest absolute Gasteiger partial charge is 0.161 e. The first-order chi connectivity index (χ1) is 7.88. The Morgan fingerprint density at radius 2 is 1.88 bits per heavy atom. The predicted octanol–water partition coefficient (Wildman–Crippen LogP) is 2.46. The first-order valence-corrected chi connectivity index (χ1v) is 5.85. The number of methoxy groups -OCH3 is 1. The van der Waals surface area contributed by atoms with E-state index in [2.05, 4.69) is 12.2 Å². The Hall–Kier alpha value is -1.22. The molecule has 1 N–H and O–H groups in total. The average molecular weight is 223 g/mol. The zero-order chi connectivity index (χ0) is 11.6. The fraction of sp³-hybridized carbons (Fsp3) is 0.538. The highest BCUT2D eigenvalue weighted by molar-refractivity contribution is 5.39. The molecule has 0 amide bonds. The second-order valence-corrected chi connectivity index (χ2v) is 3.60. The number of nitrogens with one attached hydrogen (secondary N) is 1. The molecule has 0 radical (unpaired) electrons. The molecule has 0 aliphatic rings. The summed E-state index contributed by atoms with van der Waals surface area (Å²) in [6.45, 7) is 4.97. The van der Waals surface area contributed by atoms with Gasteiger partial charge in [-0.3, -0.25) is 0 Å². The van der Waals surface area contributed by atoms with Crippen LogP contribution in [0.2, 0.25) is 0 Å². The maximum Gasteiger partial charge on any atom is 0.161 e. The molecule has 3 heteroatoms. The Labute approximate surface area is 97.8 Å². The summed E-state index contributed by atoms with van der Waals surface area (Å²) in [4.78, 5) is 0. The largest absolute Gasteiger partial charge is 0.493 e. The molecule has 0 atom stereocenters. The van der Waals surface area contributed by atoms with Gasteiger partial charge in [0.15, 0.2) is 11.5 Å². The summed E-state index contributed by atoms with van der Waals surface area (Å²) in [5.74, 6) is 1.62. The number of hydrogen-bond donors (Lipinski definition) is 1. The Morgan fingerprint density at radius 1 is 1.12 bits per heavy atom. The van der Waals surface area contributed by atoms with Gasteiger partial charge < -0.3 is 14.8 Å². The number of ether oxygens (including phenoxy) is 2. The van der Waals surface area contributed by atoms with Crippen LogP contribution < -0.4 is 14.8 Å². The van der Waals surface area contributed by atoms with Gasteiger partial charge in [-0.2, -0.15) is 0 Å². The van der Waals surface area contributed by atoms with Gasteiger partial charge in [-0.1, -0.05) is 19.1 Å². The quantitative estimate of drug-likeness (QED) is 0.687. The molecule has 0 saturated carbocycles. The highest BCUT2D eigenvalue weighted by Crippen LogP contribution is 2.25. The van der Waals surface area contributed by atoms with Crippen LogP contribution in [0.15, 0.2) is 24.3 Å². The summed E-state index contributed by atoms with van der Waals surface area (Å²) < 4.78 is 10.8. The number of hydrogen-bond acceptors (Lipinski definition) is 3. The predicted molar refractivity (Wildman–Crippen MR) is 66.3 cm³/mol. The summed E-state index contributed by atoms with van der Waals surface area (Å²) in [6, 6.07) is 7.73. The van der Waals surface area contributed by atoms with Gasteiger partial charge in [0, 0.05) is 0 Å². The third kappa shape index (κ3) is 4.53. The minimum absolute atomic E-state index is 0.719. The maximum absolute atomic E-state index is 5.64. The lowest BCUT2D eigenvalue weighted by Gasteiger charge is -2.10. The van der Waals surface area contributed by atoms with Gasteiger partial charge >= 0.3 is 0 Å². The Kier molecular flexibility index (Phi) is 6.42. The fourth-order valence-electron chi connectivity index (χ4n) is 1.42. The van der Waals surface area contributed by atoms with E-state index in [9.17, 15) is 0 Å². The van der Waals surface area contributed by atoms with Crippen molar-refractivity contribution in [2.45, 2.75) is 19.8 Å². The van der Waals surface area contributed by atoms with Crippen molar-refractivity contribution < 1.29 is 9.47 Å². The standard InChI is InChI=1S/C13H21NO2/c1-3-9-14-10-6-11-16-13-8-5-4-7-12(13)15-2/h4-5,7-8,14H,3,6,9-11H2,1-2H3. The molecule has 0 unspecified atom stereocenters. The van der Waals surface area contributed by atoms with Crippen molar-refractivity contribution in [3.63, 3.8) is 0 Å². The molecule has 0 aromatic heterocycles. The molecule has 16 heavy (non-hydrogen) atoms. The number of rotatable bonds is 8. The summed E-state index contributed by atoms with van der Waals surface area (Å²) in [6.07, 6.45) is 2.19. The first kappa shape index (κ1) is 12.8. The van der Waals surface area contributed by atoms with Gasteiger partial charge in [0.05, 0.1) is 13.7 Å². The highest BCUT2D eigenvalue weighted by atomic mass is 16.5. The van der Waals surface area contributed by atoms with Gasteiger partial charge in [-0.25, -0.2) is 0 Å². The van der Waals surface area contributed by atoms with Crippen molar-refractivity contribution in [3.05, 3.63) is 24.3 Å². The molecule has 0 heterocycles. The molecule has 0 spiro atoms. The summed E-state index contributed by atoms with van der Waals surface area (Å²) >= 11 is 0. The van der Waals surface area contributed by atoms with Gasteiger partial charge in [-0.15, -0.1) is 0 Å². The fourth-order valence-corrected chi connectivity index (χ4v) is 1.42. The molecular weight excluding hydrogens is 202 g/mol. The average Bonchev–Trinajstić information content (AvgIpc) is 2.34. The van der Waals surface area contributed by atoms with E-state index >= 15 is 0 Å². The van der Waals surface area contributed by atoms with Crippen LogP contribution in [0.4, 0.5) is 0 Å². The molecule has 90 valence electrons. The molecule has 0 aliphatic heterocycles. The normalized spacial score (nSPS) is 10.1. The van der Waals surface area contributed by atoms with Crippen molar-refractivity contribution in [1.82, 2.24) is 5.32 Å². The van der Waals surface area contributed by atoms with Crippen LogP contribution in [0.3, 0.4) is 0 Å². The van der Waals surface area contributed by atoms with Crippen LogP contribution in [0.1, 0.15) is 19.8 Å². The molecule has 0 aliphatic carbocycles. The van der Waals surface area contributed by atoms with Crippen LogP contribution in [0.25, 0.3) is 0 Å². The molecular formula is C13H21NO2. The number of benzene rings is 1. The monoisotopic (exact) mass is 223 g/mol. The van der Waals surface area contributed by atoms with Gasteiger partial charge in [0.2, 0.25) is 0 Å². The third-order valence-electron chi connectivity index (χ3n) is 2.25. The molecule has 1 aromatic rings. The Morgan fingerprint density at radius 3 is 2.56 bits per heavy atom. The van der Waals surface area contributed by atoms with E-state index in [1.165, 1.54) is 6.42 Å². The second kappa shape index (κ2) is 7.99. The van der Waals surface area contributed by atoms with Crippen LogP contribution >= 0.6 is 0 Å². The lowest BCUT2D eigenvalue weighted by Crippen LogP contribution is -2.18. The van der Waals surface area contributed by atoms with Crippen LogP contribution in [0.5, 0.6) is 11.5 Å². The van der Waals surface area contributed by atoms with Crippen molar-refractivity contribution in [2.75, 3.05) is 26.8 Å². The minimum atomic E-state index is 0.719. The van der Waals surface area contributed by atoms with Crippen molar-refractivity contribution in [3.8, 4) is 11.5 Å². The van der Waals surface area contributed by atoms with E-state index in [1.54, 1.807) is 7.11 Å². The van der Waals surface area contributed by atoms with E-state index < -0.39 is 0 Å². The van der Waals surface area contributed by atoms with E-state index in [1.807, 2.05) is 24.3 Å². The van der Waals surface area contributed by atoms with Gasteiger partial charge in [0.25, 0.3) is 0 Å². The molecule has 3 nitrogen and oxygen atoms in total. The molecule has 0 fully saturated rings. The second-order valence-electron chi connectivity index (χ2n) is 3.60. The summed E-state index contributed by atoms with van der Waals surface area (Å²) in [7, 11) is 1.66. The minimum Gasteiger partial charge on any atom is -0.493 e. The lowest BCUT2D eigenvalue weighted by molar-refractivity contribution is 0.287. The summed E-state index contributed by atoms with van der Waals surface area (Å²) in [5, 5.41) is 3.34. The first-order valence-electron chi connectivity index (χ1n) is 5.85. The molecule has 1 rings (SSSR count). The van der Waals surface area contributed by atoms with E-state index in [0.29, 0.717) is 0 Å². The molecule has 0 bridgehead atoms. The van der Waals surface area contributed by atoms with Crippen molar-refractivity contribution >= 4 is 0 Å². The number of para-hydroxylation sites is 2. The Bertz CT molecular complexity index is 289. The zero-order valence-corrected chi connectivity index (χ0v) is 10.2. The van der Waals surface area contributed by atoms with E-state index in [0.717, 1.165) is 37.6 Å². The topological polar surface area (TPSA) is 30.5 Å². The maximum atomic E-state index is 5.64. The van der Waals surface area contributed by atoms with Crippen LogP contribution in [-0.4, -0.2) is 26.8 Å². The van der Waals surface area contributed by atoms with Crippen LogP contribution in [0, 0.1) is 0 Å². The van der Waals surface area contributed by atoms with Gasteiger partial charge in [-0.05, 0) is 38.1 Å². The van der Waals surface area contributed by atoms with Gasteiger partial charge in [0.1, 0.15) is 0 Å². The zero-order valence-electron chi connectivity index (χ0n) is 10.2. The molecule has 1 aromatic carbocycles. The lowest BCUT2D eigenvalue weighted by atomic mass is 10.3.